The van der Waals surface area contributed by atoms with E-state index in [0.717, 1.165) is 0 Å². The van der Waals surface area contributed by atoms with Gasteiger partial charge < -0.3 is 14.9 Å². The molecule has 0 heterocycles. The van der Waals surface area contributed by atoms with Gasteiger partial charge in [-0.2, -0.15) is 0 Å². The smallest absolute Gasteiger partial charge is 0 e. The molecule has 0 bridgehead atoms. The molecule has 0 saturated carbocycles. The summed E-state index contributed by atoms with van der Waals surface area (Å²) in [5.74, 6) is 0. The zero-order valence-corrected chi connectivity index (χ0v) is 18.8. The van der Waals surface area contributed by atoms with Crippen molar-refractivity contribution in [3.63, 3.8) is 0 Å². The normalized spacial score (nSPS) is 6.43. The minimum atomic E-state index is 0. The molecule has 0 unspecified atom stereocenters. The fourth-order valence-corrected chi connectivity index (χ4v) is 1.18. The predicted octanol–water partition coefficient (Wildman–Crippen LogP) is 7.61. The maximum atomic E-state index is 3.63. The van der Waals surface area contributed by atoms with E-state index < -0.39 is 0 Å². The Bertz CT molecular complexity index is 375. The average molecular weight is 387 g/mol. The minimum Gasteiger partial charge on any atom is -0.358 e. The molecule has 23 heavy (non-hydrogen) atoms. The van der Waals surface area contributed by atoms with Crippen molar-refractivity contribution in [2.24, 2.45) is 0 Å². The molecule has 0 spiro atoms. The van der Waals surface area contributed by atoms with Crippen LogP contribution in [0.5, 0.6) is 0 Å². The molecule has 1 heteroatoms. The van der Waals surface area contributed by atoms with Crippen LogP contribution in [0.1, 0.15) is 38.8 Å². The van der Waals surface area contributed by atoms with Gasteiger partial charge in [0.1, 0.15) is 0 Å². The molecule has 2 rings (SSSR count). The van der Waals surface area contributed by atoms with Gasteiger partial charge in [-0.1, -0.05) is 114 Å². The van der Waals surface area contributed by atoms with Crippen LogP contribution in [0.2, 0.25) is 0 Å². The third-order valence-corrected chi connectivity index (χ3v) is 2.07. The summed E-state index contributed by atoms with van der Waals surface area (Å²) in [6, 6.07) is 20.1. The predicted molar refractivity (Wildman–Crippen MR) is 109 cm³/mol. The van der Waals surface area contributed by atoms with Gasteiger partial charge in [0, 0.05) is 32.7 Å². The first-order valence-electron chi connectivity index (χ1n) is 7.22. The van der Waals surface area contributed by atoms with E-state index in [4.69, 9.17) is 0 Å². The van der Waals surface area contributed by atoms with Gasteiger partial charge in [-0.3, -0.25) is 0 Å². The summed E-state index contributed by atoms with van der Waals surface area (Å²) in [4.78, 5) is 0. The summed E-state index contributed by atoms with van der Waals surface area (Å²) in [7, 11) is 0. The molecule has 0 atom stereocenters. The van der Waals surface area contributed by atoms with E-state index in [1.165, 1.54) is 11.1 Å². The number of benzene rings is 2. The molecule has 0 aliphatic rings. The Morgan fingerprint density at radius 1 is 0.565 bits per heavy atom. The van der Waals surface area contributed by atoms with Crippen LogP contribution in [0, 0.1) is 14.9 Å². The fourth-order valence-electron chi connectivity index (χ4n) is 1.18. The molecule has 0 saturated heterocycles. The number of hydrogen-bond acceptors (Lipinski definition) is 0. The van der Waals surface area contributed by atoms with E-state index in [-0.39, 0.29) is 47.6 Å². The summed E-state index contributed by atoms with van der Waals surface area (Å²) in [6.45, 7) is 15.3. The van der Waals surface area contributed by atoms with E-state index in [2.05, 4.69) is 13.2 Å². The van der Waals surface area contributed by atoms with Crippen LogP contribution in [-0.2, 0) is 32.7 Å². The van der Waals surface area contributed by atoms with E-state index in [0.29, 0.717) is 0 Å². The second-order valence-corrected chi connectivity index (χ2v) is 3.23. The molecule has 0 amide bonds. The average Bonchev–Trinajstić information content (AvgIpc) is 2.60. The first-order valence-corrected chi connectivity index (χ1v) is 7.22. The van der Waals surface area contributed by atoms with Gasteiger partial charge in [0.05, 0.1) is 0 Å². The summed E-state index contributed by atoms with van der Waals surface area (Å²) in [6.07, 6.45) is 3.67. The van der Waals surface area contributed by atoms with Gasteiger partial charge in [0.2, 0.25) is 0 Å². The topological polar surface area (TPSA) is 0 Å². The van der Waals surface area contributed by atoms with Crippen LogP contribution < -0.4 is 0 Å². The third-order valence-electron chi connectivity index (χ3n) is 2.07. The second kappa shape index (κ2) is 29.1. The van der Waals surface area contributed by atoms with Crippen molar-refractivity contribution in [3.8, 4) is 0 Å². The standard InChI is InChI=1S/2C8H8.2C2H6.2CH3.Y/c2*1-2-8-6-4-3-5-7-8;2*1-2;;;/h2*2-7H,1H2;2*1-2H3;2*1H3;/q;;;;2*-1;. The third kappa shape index (κ3) is 21.0. The maximum Gasteiger partial charge on any atom is 0 e. The van der Waals surface area contributed by atoms with E-state index >= 15 is 0 Å². The Balaban J connectivity index is -0.0000000697. The largest absolute Gasteiger partial charge is 0.358 e. The van der Waals surface area contributed by atoms with Crippen LogP contribution in [0.4, 0.5) is 0 Å². The zero-order chi connectivity index (χ0) is 15.6. The van der Waals surface area contributed by atoms with Crippen LogP contribution in [0.25, 0.3) is 12.2 Å². The molecule has 2 aromatic carbocycles. The fraction of sp³-hybridized carbons (Fsp3) is 0.182. The second-order valence-electron chi connectivity index (χ2n) is 3.23. The Morgan fingerprint density at radius 3 is 0.913 bits per heavy atom. The van der Waals surface area contributed by atoms with Crippen molar-refractivity contribution < 1.29 is 32.7 Å². The molecule has 0 aliphatic carbocycles. The SMILES string of the molecule is C=Cc1ccccc1.C=Cc1ccccc1.CC.CC.[CH3-].[CH3-].[Y]. The van der Waals surface area contributed by atoms with Gasteiger partial charge in [-0.05, 0) is 11.1 Å². The maximum absolute atomic E-state index is 3.63. The van der Waals surface area contributed by atoms with Crippen molar-refractivity contribution in [1.82, 2.24) is 0 Å². The van der Waals surface area contributed by atoms with Gasteiger partial charge in [-0.25, -0.2) is 0 Å². The van der Waals surface area contributed by atoms with E-state index in [1.807, 2.05) is 101 Å². The number of rotatable bonds is 2. The first kappa shape index (κ1) is 33.6. The molecular formula is C22H34Y-2. The number of hydrogen-bond donors (Lipinski definition) is 0. The summed E-state index contributed by atoms with van der Waals surface area (Å²) < 4.78 is 0. The van der Waals surface area contributed by atoms with Crippen molar-refractivity contribution >= 4 is 12.2 Å². The van der Waals surface area contributed by atoms with Crippen molar-refractivity contribution in [2.75, 3.05) is 0 Å². The molecule has 0 aromatic heterocycles. The van der Waals surface area contributed by atoms with Gasteiger partial charge in [0.15, 0.2) is 0 Å². The summed E-state index contributed by atoms with van der Waals surface area (Å²) in [5, 5.41) is 0. The Kier molecular flexibility index (Phi) is 42.5. The van der Waals surface area contributed by atoms with Crippen molar-refractivity contribution in [3.05, 3.63) is 99.8 Å². The minimum absolute atomic E-state index is 0. The summed E-state index contributed by atoms with van der Waals surface area (Å²) >= 11 is 0. The van der Waals surface area contributed by atoms with Gasteiger partial charge in [-0.15, -0.1) is 0 Å². The quantitative estimate of drug-likeness (QED) is 0.465. The van der Waals surface area contributed by atoms with Crippen LogP contribution in [0.15, 0.2) is 73.8 Å². The molecule has 0 N–H and O–H groups in total. The van der Waals surface area contributed by atoms with E-state index in [9.17, 15) is 0 Å². The summed E-state index contributed by atoms with van der Waals surface area (Å²) in [5.41, 5.74) is 2.35. The van der Waals surface area contributed by atoms with Crippen molar-refractivity contribution in [2.45, 2.75) is 27.7 Å². The molecule has 1 radical (unpaired) electrons. The zero-order valence-electron chi connectivity index (χ0n) is 15.9. The molecule has 2 aromatic rings. The molecule has 0 nitrogen and oxygen atoms in total. The molecule has 0 fully saturated rings. The van der Waals surface area contributed by atoms with Gasteiger partial charge >= 0.3 is 0 Å². The Labute approximate surface area is 171 Å². The monoisotopic (exact) mass is 387 g/mol. The van der Waals surface area contributed by atoms with E-state index in [1.54, 1.807) is 0 Å². The van der Waals surface area contributed by atoms with Gasteiger partial charge in [0.25, 0.3) is 0 Å². The molecular weight excluding hydrogens is 353 g/mol. The Hall–Kier alpha value is -0.976. The Morgan fingerprint density at radius 2 is 0.783 bits per heavy atom. The molecule has 0 aliphatic heterocycles. The van der Waals surface area contributed by atoms with Crippen LogP contribution in [0.3, 0.4) is 0 Å². The first-order chi connectivity index (χ1) is 9.86. The van der Waals surface area contributed by atoms with Crippen LogP contribution >= 0.6 is 0 Å². The van der Waals surface area contributed by atoms with Crippen molar-refractivity contribution in [1.29, 1.82) is 0 Å². The molecule has 127 valence electrons. The van der Waals surface area contributed by atoms with Crippen LogP contribution in [-0.4, -0.2) is 0 Å².